The molecule has 72 valence electrons. The number of carboxylic acids is 1. The van der Waals surface area contributed by atoms with Crippen LogP contribution in [0.15, 0.2) is 0 Å². The zero-order valence-corrected chi connectivity index (χ0v) is 7.19. The summed E-state index contributed by atoms with van der Waals surface area (Å²) >= 11 is 0. The molecule has 0 atom stereocenters. The monoisotopic (exact) mass is 185 g/mol. The maximum Gasteiger partial charge on any atom is 0.356 e. The molecule has 0 aliphatic rings. The molecule has 6 heteroatoms. The van der Waals surface area contributed by atoms with Gasteiger partial charge < -0.3 is 15.9 Å². The standard InChI is InChI=1S/C7H11N3O3/c1-4-5(7(12)13)9-10(2-3-11)6(4)8/h11H,2-3,8H2,1H3,(H,12,13). The number of aliphatic hydroxyl groups is 1. The van der Waals surface area contributed by atoms with Crippen LogP contribution in [0.4, 0.5) is 5.82 Å². The number of hydrogen-bond acceptors (Lipinski definition) is 4. The number of aromatic nitrogens is 2. The number of aliphatic hydroxyl groups excluding tert-OH is 1. The highest BCUT2D eigenvalue weighted by atomic mass is 16.4. The molecule has 0 amide bonds. The zero-order chi connectivity index (χ0) is 10.0. The van der Waals surface area contributed by atoms with Gasteiger partial charge in [-0.25, -0.2) is 9.48 Å². The number of aromatic carboxylic acids is 1. The predicted octanol–water partition coefficient (Wildman–Crippen LogP) is -0.536. The molecule has 0 unspecified atom stereocenters. The van der Waals surface area contributed by atoms with E-state index in [2.05, 4.69) is 5.10 Å². The van der Waals surface area contributed by atoms with E-state index < -0.39 is 5.97 Å². The largest absolute Gasteiger partial charge is 0.476 e. The number of anilines is 1. The van der Waals surface area contributed by atoms with Crippen molar-refractivity contribution in [3.05, 3.63) is 11.3 Å². The maximum absolute atomic E-state index is 10.6. The normalized spacial score (nSPS) is 10.3. The highest BCUT2D eigenvalue weighted by Crippen LogP contribution is 2.14. The molecule has 4 N–H and O–H groups in total. The Balaban J connectivity index is 3.12. The van der Waals surface area contributed by atoms with Gasteiger partial charge in [-0.2, -0.15) is 5.10 Å². The number of nitrogen functional groups attached to an aromatic ring is 1. The summed E-state index contributed by atoms with van der Waals surface area (Å²) in [5.41, 5.74) is 5.92. The van der Waals surface area contributed by atoms with Gasteiger partial charge in [0.25, 0.3) is 0 Å². The molecule has 0 aliphatic heterocycles. The first-order valence-corrected chi connectivity index (χ1v) is 3.75. The summed E-state index contributed by atoms with van der Waals surface area (Å²) in [5.74, 6) is -0.827. The summed E-state index contributed by atoms with van der Waals surface area (Å²) in [6.07, 6.45) is 0. The summed E-state index contributed by atoms with van der Waals surface area (Å²) in [4.78, 5) is 10.6. The highest BCUT2D eigenvalue weighted by Gasteiger charge is 2.16. The molecule has 1 aromatic heterocycles. The Labute approximate surface area is 74.6 Å². The fourth-order valence-electron chi connectivity index (χ4n) is 1.03. The zero-order valence-electron chi connectivity index (χ0n) is 7.19. The summed E-state index contributed by atoms with van der Waals surface area (Å²) in [6.45, 7) is 1.67. The lowest BCUT2D eigenvalue weighted by atomic mass is 10.2. The second kappa shape index (κ2) is 3.44. The first-order valence-electron chi connectivity index (χ1n) is 3.75. The van der Waals surface area contributed by atoms with Crippen LogP contribution in [-0.2, 0) is 6.54 Å². The van der Waals surface area contributed by atoms with E-state index in [1.807, 2.05) is 0 Å². The van der Waals surface area contributed by atoms with Crippen molar-refractivity contribution in [1.29, 1.82) is 0 Å². The number of rotatable bonds is 3. The molecule has 0 spiro atoms. The van der Waals surface area contributed by atoms with E-state index in [9.17, 15) is 4.79 Å². The Kier molecular flexibility index (Phi) is 2.52. The third kappa shape index (κ3) is 1.62. The average molecular weight is 185 g/mol. The van der Waals surface area contributed by atoms with E-state index in [4.69, 9.17) is 15.9 Å². The first-order chi connectivity index (χ1) is 6.07. The minimum absolute atomic E-state index is 0.0639. The van der Waals surface area contributed by atoms with Crippen molar-refractivity contribution < 1.29 is 15.0 Å². The molecule has 13 heavy (non-hydrogen) atoms. The van der Waals surface area contributed by atoms with Crippen molar-refractivity contribution >= 4 is 11.8 Å². The number of hydrogen-bond donors (Lipinski definition) is 3. The molecule has 0 saturated heterocycles. The number of carbonyl (C=O) groups is 1. The van der Waals surface area contributed by atoms with E-state index in [1.54, 1.807) is 6.92 Å². The molecule has 6 nitrogen and oxygen atoms in total. The Bertz CT molecular complexity index is 332. The van der Waals surface area contributed by atoms with Gasteiger partial charge in [0.05, 0.1) is 13.2 Å². The summed E-state index contributed by atoms with van der Waals surface area (Å²) < 4.78 is 1.28. The second-order valence-corrected chi connectivity index (χ2v) is 2.61. The highest BCUT2D eigenvalue weighted by molar-refractivity contribution is 5.88. The van der Waals surface area contributed by atoms with E-state index in [-0.39, 0.29) is 24.7 Å². The van der Waals surface area contributed by atoms with Crippen LogP contribution in [-0.4, -0.2) is 32.6 Å². The van der Waals surface area contributed by atoms with Gasteiger partial charge in [-0.15, -0.1) is 0 Å². The van der Waals surface area contributed by atoms with Gasteiger partial charge in [0.15, 0.2) is 5.69 Å². The number of nitrogens with zero attached hydrogens (tertiary/aromatic N) is 2. The van der Waals surface area contributed by atoms with Gasteiger partial charge in [0, 0.05) is 5.56 Å². The average Bonchev–Trinajstić information content (AvgIpc) is 2.33. The lowest BCUT2D eigenvalue weighted by Gasteiger charge is -1.99. The van der Waals surface area contributed by atoms with Crippen molar-refractivity contribution in [2.24, 2.45) is 0 Å². The molecule has 0 fully saturated rings. The van der Waals surface area contributed by atoms with Crippen LogP contribution in [0.2, 0.25) is 0 Å². The molecule has 1 heterocycles. The van der Waals surface area contributed by atoms with Crippen LogP contribution < -0.4 is 5.73 Å². The smallest absolute Gasteiger partial charge is 0.356 e. The molecular formula is C7H11N3O3. The Morgan fingerprint density at radius 1 is 1.69 bits per heavy atom. The fraction of sp³-hybridized carbons (Fsp3) is 0.429. The lowest BCUT2D eigenvalue weighted by molar-refractivity contribution is 0.0688. The Hall–Kier alpha value is -1.56. The van der Waals surface area contributed by atoms with Crippen LogP contribution in [0, 0.1) is 6.92 Å². The molecule has 1 aromatic rings. The van der Waals surface area contributed by atoms with Gasteiger partial charge in [-0.1, -0.05) is 0 Å². The van der Waals surface area contributed by atoms with Crippen molar-refractivity contribution in [1.82, 2.24) is 9.78 Å². The van der Waals surface area contributed by atoms with Crippen molar-refractivity contribution in [3.8, 4) is 0 Å². The van der Waals surface area contributed by atoms with Gasteiger partial charge in [-0.3, -0.25) is 0 Å². The maximum atomic E-state index is 10.6. The van der Waals surface area contributed by atoms with E-state index in [1.165, 1.54) is 4.68 Å². The van der Waals surface area contributed by atoms with Crippen LogP contribution >= 0.6 is 0 Å². The van der Waals surface area contributed by atoms with E-state index >= 15 is 0 Å². The molecule has 1 rings (SSSR count). The molecule has 0 radical (unpaired) electrons. The van der Waals surface area contributed by atoms with E-state index in [0.717, 1.165) is 0 Å². The van der Waals surface area contributed by atoms with Crippen molar-refractivity contribution in [3.63, 3.8) is 0 Å². The Morgan fingerprint density at radius 2 is 2.31 bits per heavy atom. The number of nitrogens with two attached hydrogens (primary N) is 1. The van der Waals surface area contributed by atoms with Gasteiger partial charge in [0.1, 0.15) is 5.82 Å². The van der Waals surface area contributed by atoms with Gasteiger partial charge in [-0.05, 0) is 6.92 Å². The minimum Gasteiger partial charge on any atom is -0.476 e. The van der Waals surface area contributed by atoms with Crippen LogP contribution in [0.25, 0.3) is 0 Å². The van der Waals surface area contributed by atoms with Gasteiger partial charge >= 0.3 is 5.97 Å². The fourth-order valence-corrected chi connectivity index (χ4v) is 1.03. The quantitative estimate of drug-likeness (QED) is 0.587. The third-order valence-electron chi connectivity index (χ3n) is 1.75. The van der Waals surface area contributed by atoms with Gasteiger partial charge in [0.2, 0.25) is 0 Å². The second-order valence-electron chi connectivity index (χ2n) is 2.61. The third-order valence-corrected chi connectivity index (χ3v) is 1.75. The van der Waals surface area contributed by atoms with Crippen LogP contribution in [0.3, 0.4) is 0 Å². The molecule has 0 bridgehead atoms. The topological polar surface area (TPSA) is 101 Å². The molecular weight excluding hydrogens is 174 g/mol. The molecule has 0 aromatic carbocycles. The van der Waals surface area contributed by atoms with Crippen LogP contribution in [0.1, 0.15) is 16.1 Å². The van der Waals surface area contributed by atoms with Crippen LogP contribution in [0.5, 0.6) is 0 Å². The van der Waals surface area contributed by atoms with Crippen molar-refractivity contribution in [2.45, 2.75) is 13.5 Å². The SMILES string of the molecule is Cc1c(C(=O)O)nn(CCO)c1N. The first kappa shape index (κ1) is 9.53. The van der Waals surface area contributed by atoms with E-state index in [0.29, 0.717) is 5.56 Å². The Morgan fingerprint density at radius 3 is 2.69 bits per heavy atom. The summed E-state index contributed by atoms with van der Waals surface area (Å²) in [5, 5.41) is 21.0. The predicted molar refractivity (Wildman–Crippen MR) is 45.4 cm³/mol. The van der Waals surface area contributed by atoms with Crippen molar-refractivity contribution in [2.75, 3.05) is 12.3 Å². The molecule has 0 aliphatic carbocycles. The summed E-state index contributed by atoms with van der Waals surface area (Å²) in [7, 11) is 0. The summed E-state index contributed by atoms with van der Waals surface area (Å²) in [6, 6.07) is 0. The number of carboxylic acid groups (broad SMARTS) is 1. The molecule has 0 saturated carbocycles. The lowest BCUT2D eigenvalue weighted by Crippen LogP contribution is -2.08. The minimum atomic E-state index is -1.11.